The highest BCUT2D eigenvalue weighted by atomic mass is 35.5. The van der Waals surface area contributed by atoms with Crippen LogP contribution in [0.5, 0.6) is 5.75 Å². The highest BCUT2D eigenvalue weighted by Crippen LogP contribution is 2.44. The molecule has 9 nitrogen and oxygen atoms in total. The molecule has 0 atom stereocenters. The zero-order valence-corrected chi connectivity index (χ0v) is 19.3. The Morgan fingerprint density at radius 2 is 2.18 bits per heavy atom. The summed E-state index contributed by atoms with van der Waals surface area (Å²) in [7, 11) is 1.58. The molecule has 2 N–H and O–H groups in total. The highest BCUT2D eigenvalue weighted by molar-refractivity contribution is 7.16. The number of rotatable bonds is 5. The van der Waals surface area contributed by atoms with Crippen LogP contribution in [0.1, 0.15) is 34.1 Å². The number of nitrogens with zero attached hydrogens (tertiary/aromatic N) is 5. The smallest absolute Gasteiger partial charge is 0.278 e. The molecule has 1 aliphatic heterocycles. The maximum atomic E-state index is 13.4. The van der Waals surface area contributed by atoms with Gasteiger partial charge in [0.1, 0.15) is 22.0 Å². The van der Waals surface area contributed by atoms with Gasteiger partial charge in [-0.2, -0.15) is 5.10 Å². The molecule has 0 saturated carbocycles. The second-order valence-corrected chi connectivity index (χ2v) is 9.00. The molecular weight excluding hydrogens is 464 g/mol. The number of hydrogen-bond acceptors (Lipinski definition) is 8. The number of ether oxygens (including phenoxy) is 2. The van der Waals surface area contributed by atoms with Crippen LogP contribution in [0.15, 0.2) is 42.9 Å². The van der Waals surface area contributed by atoms with E-state index in [4.69, 9.17) is 31.9 Å². The predicted octanol–water partition coefficient (Wildman–Crippen LogP) is 3.93. The van der Waals surface area contributed by atoms with Crippen molar-refractivity contribution in [3.63, 3.8) is 0 Å². The number of carbonyl (C=O) groups excluding carboxylic acids is 1. The lowest BCUT2D eigenvalue weighted by atomic mass is 10.0. The number of fused-ring (bicyclic) bond motifs is 1. The zero-order chi connectivity index (χ0) is 22.9. The van der Waals surface area contributed by atoms with Gasteiger partial charge in [-0.3, -0.25) is 4.79 Å². The Balaban J connectivity index is 1.61. The molecule has 4 aromatic rings. The van der Waals surface area contributed by atoms with E-state index in [-0.39, 0.29) is 5.92 Å². The standard InChI is InChI=1S/C22H21ClN6O3S/c1-31-17-4-3-14(23)11-15(17)18-22(33-20(27-18)13-5-9-32-10-6-13)29(24)21(30)16-12-26-28-8-2-7-25-19(16)28/h2-4,7-8,11-13H,5-6,9-10,24H2,1H3. The Labute approximate surface area is 198 Å². The molecule has 33 heavy (non-hydrogen) atoms. The molecule has 0 radical (unpaired) electrons. The fourth-order valence-corrected chi connectivity index (χ4v) is 5.19. The summed E-state index contributed by atoms with van der Waals surface area (Å²) in [4.78, 5) is 22.6. The van der Waals surface area contributed by atoms with Gasteiger partial charge in [-0.1, -0.05) is 22.9 Å². The summed E-state index contributed by atoms with van der Waals surface area (Å²) >= 11 is 7.68. The van der Waals surface area contributed by atoms with Gasteiger partial charge in [0.25, 0.3) is 5.91 Å². The molecule has 4 heterocycles. The van der Waals surface area contributed by atoms with Gasteiger partial charge < -0.3 is 9.47 Å². The Kier molecular flexibility index (Phi) is 5.98. The first-order chi connectivity index (χ1) is 16.1. The minimum Gasteiger partial charge on any atom is -0.496 e. The van der Waals surface area contributed by atoms with Crippen molar-refractivity contribution in [2.24, 2.45) is 5.84 Å². The van der Waals surface area contributed by atoms with Crippen molar-refractivity contribution in [1.29, 1.82) is 0 Å². The molecule has 1 amide bonds. The van der Waals surface area contributed by atoms with Gasteiger partial charge in [0.05, 0.1) is 18.3 Å². The van der Waals surface area contributed by atoms with Crippen LogP contribution in [0.25, 0.3) is 16.9 Å². The zero-order valence-electron chi connectivity index (χ0n) is 17.8. The predicted molar refractivity (Wildman–Crippen MR) is 126 cm³/mol. The summed E-state index contributed by atoms with van der Waals surface area (Å²) in [5, 5.41) is 7.23. The Morgan fingerprint density at radius 3 is 2.97 bits per heavy atom. The summed E-state index contributed by atoms with van der Waals surface area (Å²) in [6.07, 6.45) is 6.50. The average molecular weight is 485 g/mol. The van der Waals surface area contributed by atoms with Crippen LogP contribution in [-0.4, -0.2) is 45.8 Å². The van der Waals surface area contributed by atoms with Crippen molar-refractivity contribution in [3.8, 4) is 17.0 Å². The number of hydrazine groups is 1. The van der Waals surface area contributed by atoms with E-state index in [1.54, 1.807) is 43.8 Å². The maximum absolute atomic E-state index is 13.4. The Bertz CT molecular complexity index is 1320. The third-order valence-corrected chi connectivity index (χ3v) is 7.01. The van der Waals surface area contributed by atoms with Crippen LogP contribution in [0.3, 0.4) is 0 Å². The molecule has 0 aliphatic carbocycles. The highest BCUT2D eigenvalue weighted by Gasteiger charge is 2.29. The van der Waals surface area contributed by atoms with E-state index in [1.165, 1.54) is 22.0 Å². The lowest BCUT2D eigenvalue weighted by molar-refractivity contribution is 0.0853. The molecule has 11 heteroatoms. The largest absolute Gasteiger partial charge is 0.496 e. The van der Waals surface area contributed by atoms with Gasteiger partial charge in [0.15, 0.2) is 5.65 Å². The number of nitrogens with two attached hydrogens (primary N) is 1. The molecular formula is C22H21ClN6O3S. The Hall–Kier alpha value is -3.05. The SMILES string of the molecule is COc1ccc(Cl)cc1-c1nc(C2CCOCC2)sc1N(N)C(=O)c1cnn2cccnc12. The molecule has 1 aliphatic rings. The van der Waals surface area contributed by atoms with Crippen LogP contribution < -0.4 is 15.6 Å². The van der Waals surface area contributed by atoms with Gasteiger partial charge in [-0.05, 0) is 37.1 Å². The van der Waals surface area contributed by atoms with Crippen molar-refractivity contribution in [2.75, 3.05) is 25.3 Å². The summed E-state index contributed by atoms with van der Waals surface area (Å²) in [6, 6.07) is 7.02. The number of carbonyl (C=O) groups is 1. The molecule has 1 aromatic carbocycles. The monoisotopic (exact) mass is 484 g/mol. The maximum Gasteiger partial charge on any atom is 0.278 e. The van der Waals surface area contributed by atoms with Crippen LogP contribution >= 0.6 is 22.9 Å². The van der Waals surface area contributed by atoms with E-state index in [1.807, 2.05) is 0 Å². The van der Waals surface area contributed by atoms with Crippen molar-refractivity contribution in [3.05, 3.63) is 58.4 Å². The van der Waals surface area contributed by atoms with Crippen LogP contribution in [-0.2, 0) is 4.74 Å². The molecule has 3 aromatic heterocycles. The number of halogens is 1. The summed E-state index contributed by atoms with van der Waals surface area (Å²) in [6.45, 7) is 1.35. The molecule has 0 bridgehead atoms. The minimum absolute atomic E-state index is 0.226. The molecule has 0 unspecified atom stereocenters. The second kappa shape index (κ2) is 9.06. The number of anilines is 1. The first kappa shape index (κ1) is 21.8. The number of benzene rings is 1. The van der Waals surface area contributed by atoms with Gasteiger partial charge in [0.2, 0.25) is 0 Å². The van der Waals surface area contributed by atoms with Crippen molar-refractivity contribution in [2.45, 2.75) is 18.8 Å². The molecule has 5 rings (SSSR count). The van der Waals surface area contributed by atoms with Crippen LogP contribution in [0.2, 0.25) is 5.02 Å². The summed E-state index contributed by atoms with van der Waals surface area (Å²) < 4.78 is 12.6. The first-order valence-corrected chi connectivity index (χ1v) is 11.6. The molecule has 1 saturated heterocycles. The minimum atomic E-state index is -0.437. The van der Waals surface area contributed by atoms with E-state index in [0.717, 1.165) is 22.9 Å². The quantitative estimate of drug-likeness (QED) is 0.260. The van der Waals surface area contributed by atoms with Gasteiger partial charge >= 0.3 is 0 Å². The van der Waals surface area contributed by atoms with E-state index in [0.29, 0.717) is 51.5 Å². The average Bonchev–Trinajstić information content (AvgIpc) is 3.49. The number of aromatic nitrogens is 4. The van der Waals surface area contributed by atoms with Crippen LogP contribution in [0, 0.1) is 0 Å². The van der Waals surface area contributed by atoms with E-state index >= 15 is 0 Å². The van der Waals surface area contributed by atoms with Gasteiger partial charge in [0, 0.05) is 42.1 Å². The number of thiazole rings is 1. The second-order valence-electron chi connectivity index (χ2n) is 7.56. The van der Waals surface area contributed by atoms with Crippen molar-refractivity contribution < 1.29 is 14.3 Å². The van der Waals surface area contributed by atoms with Gasteiger partial charge in [-0.15, -0.1) is 0 Å². The van der Waals surface area contributed by atoms with E-state index in [9.17, 15) is 4.79 Å². The third-order valence-electron chi connectivity index (χ3n) is 5.56. The van der Waals surface area contributed by atoms with Crippen LogP contribution in [0.4, 0.5) is 5.00 Å². The topological polar surface area (TPSA) is 108 Å². The normalized spacial score (nSPS) is 14.5. The fraction of sp³-hybridized carbons (Fsp3) is 0.273. The third kappa shape index (κ3) is 4.06. The Morgan fingerprint density at radius 1 is 1.36 bits per heavy atom. The summed E-state index contributed by atoms with van der Waals surface area (Å²) in [5.41, 5.74) is 1.93. The molecule has 170 valence electrons. The number of hydrogen-bond donors (Lipinski definition) is 1. The molecule has 0 spiro atoms. The van der Waals surface area contributed by atoms with E-state index < -0.39 is 5.91 Å². The van der Waals surface area contributed by atoms with Crippen molar-refractivity contribution >= 4 is 39.5 Å². The first-order valence-electron chi connectivity index (χ1n) is 10.4. The summed E-state index contributed by atoms with van der Waals surface area (Å²) in [5.74, 6) is 6.80. The van der Waals surface area contributed by atoms with Crippen molar-refractivity contribution in [1.82, 2.24) is 19.6 Å². The number of amides is 1. The lowest BCUT2D eigenvalue weighted by Crippen LogP contribution is -2.37. The molecule has 1 fully saturated rings. The number of methoxy groups -OCH3 is 1. The van der Waals surface area contributed by atoms with Gasteiger partial charge in [-0.25, -0.2) is 25.3 Å². The lowest BCUT2D eigenvalue weighted by Gasteiger charge is -2.19. The fourth-order valence-electron chi connectivity index (χ4n) is 3.85. The van der Waals surface area contributed by atoms with E-state index in [2.05, 4.69) is 10.1 Å².